The molecule has 0 bridgehead atoms. The molecule has 1 aliphatic heterocycles. The molecule has 1 N–H and O–H groups in total. The minimum atomic E-state index is -0.0318. The van der Waals surface area contributed by atoms with E-state index in [1.165, 1.54) is 0 Å². The van der Waals surface area contributed by atoms with E-state index in [4.69, 9.17) is 9.47 Å². The fourth-order valence-corrected chi connectivity index (χ4v) is 2.66. The molecule has 3 rings (SSSR count). The van der Waals surface area contributed by atoms with Gasteiger partial charge in [0.2, 0.25) is 12.7 Å². The molecule has 128 valence electrons. The predicted octanol–water partition coefficient (Wildman–Crippen LogP) is 3.20. The summed E-state index contributed by atoms with van der Waals surface area (Å²) in [6, 6.07) is 5.91. The van der Waals surface area contributed by atoms with Gasteiger partial charge in [-0.15, -0.1) is 0 Å². The second kappa shape index (κ2) is 6.55. The first-order valence-electron chi connectivity index (χ1n) is 8.20. The SMILES string of the molecule is CC(C)C(=O)N(Cc1ncc(-c2ccc3c(c2)OCO3)[nH]1)C(C)C. The minimum Gasteiger partial charge on any atom is -0.454 e. The Morgan fingerprint density at radius 1 is 1.25 bits per heavy atom. The van der Waals surface area contributed by atoms with E-state index in [1.54, 1.807) is 6.20 Å². The van der Waals surface area contributed by atoms with Crippen LogP contribution in [0.3, 0.4) is 0 Å². The quantitative estimate of drug-likeness (QED) is 0.915. The van der Waals surface area contributed by atoms with Crippen LogP contribution >= 0.6 is 0 Å². The molecule has 0 aliphatic carbocycles. The zero-order valence-corrected chi connectivity index (χ0v) is 14.5. The van der Waals surface area contributed by atoms with Crippen molar-refractivity contribution in [3.63, 3.8) is 0 Å². The van der Waals surface area contributed by atoms with Crippen LogP contribution in [0, 0.1) is 5.92 Å². The molecule has 0 radical (unpaired) electrons. The van der Waals surface area contributed by atoms with Gasteiger partial charge in [-0.25, -0.2) is 4.98 Å². The number of aromatic nitrogens is 2. The van der Waals surface area contributed by atoms with E-state index in [-0.39, 0.29) is 24.7 Å². The number of rotatable bonds is 5. The second-order valence-corrected chi connectivity index (χ2v) is 6.53. The van der Waals surface area contributed by atoms with E-state index in [0.29, 0.717) is 6.54 Å². The maximum Gasteiger partial charge on any atom is 0.231 e. The zero-order valence-electron chi connectivity index (χ0n) is 14.5. The summed E-state index contributed by atoms with van der Waals surface area (Å²) in [5.41, 5.74) is 1.87. The molecule has 1 aliphatic rings. The van der Waals surface area contributed by atoms with Crippen LogP contribution in [0.5, 0.6) is 11.5 Å². The van der Waals surface area contributed by atoms with E-state index in [0.717, 1.165) is 28.6 Å². The van der Waals surface area contributed by atoms with Gasteiger partial charge < -0.3 is 19.4 Å². The highest BCUT2D eigenvalue weighted by atomic mass is 16.7. The number of H-pyrrole nitrogens is 1. The molecule has 1 amide bonds. The van der Waals surface area contributed by atoms with Crippen LogP contribution in [-0.4, -0.2) is 33.6 Å². The highest BCUT2D eigenvalue weighted by Crippen LogP contribution is 2.35. The molecule has 1 aromatic heterocycles. The lowest BCUT2D eigenvalue weighted by Crippen LogP contribution is -2.39. The number of carbonyl (C=O) groups excluding carboxylic acids is 1. The van der Waals surface area contributed by atoms with Crippen LogP contribution in [-0.2, 0) is 11.3 Å². The molecule has 2 heterocycles. The first kappa shape index (κ1) is 16.4. The fourth-order valence-electron chi connectivity index (χ4n) is 2.66. The van der Waals surface area contributed by atoms with Crippen molar-refractivity contribution in [1.29, 1.82) is 0 Å². The van der Waals surface area contributed by atoms with Gasteiger partial charge in [0, 0.05) is 17.5 Å². The van der Waals surface area contributed by atoms with Crippen molar-refractivity contribution in [2.75, 3.05) is 6.79 Å². The third-order valence-corrected chi connectivity index (χ3v) is 4.03. The van der Waals surface area contributed by atoms with E-state index in [2.05, 4.69) is 9.97 Å². The van der Waals surface area contributed by atoms with Gasteiger partial charge in [-0.05, 0) is 32.0 Å². The number of amides is 1. The molecule has 0 atom stereocenters. The summed E-state index contributed by atoms with van der Waals surface area (Å²) in [4.78, 5) is 21.9. The lowest BCUT2D eigenvalue weighted by Gasteiger charge is -2.27. The number of carbonyl (C=O) groups is 1. The van der Waals surface area contributed by atoms with Crippen LogP contribution in [0.1, 0.15) is 33.5 Å². The summed E-state index contributed by atoms with van der Waals surface area (Å²) in [6.07, 6.45) is 1.78. The van der Waals surface area contributed by atoms with Crippen molar-refractivity contribution >= 4 is 5.91 Å². The number of nitrogens with zero attached hydrogens (tertiary/aromatic N) is 2. The summed E-state index contributed by atoms with van der Waals surface area (Å²) < 4.78 is 10.7. The van der Waals surface area contributed by atoms with Gasteiger partial charge in [-0.2, -0.15) is 0 Å². The van der Waals surface area contributed by atoms with Crippen molar-refractivity contribution < 1.29 is 14.3 Å². The van der Waals surface area contributed by atoms with Crippen molar-refractivity contribution in [2.24, 2.45) is 5.92 Å². The lowest BCUT2D eigenvalue weighted by atomic mass is 10.1. The van der Waals surface area contributed by atoms with E-state index < -0.39 is 0 Å². The van der Waals surface area contributed by atoms with Crippen molar-refractivity contribution in [3.8, 4) is 22.8 Å². The first-order chi connectivity index (χ1) is 11.5. The Balaban J connectivity index is 1.79. The standard InChI is InChI=1S/C18H23N3O3/c1-11(2)18(22)21(12(3)4)9-17-19-8-14(20-17)13-5-6-15-16(7-13)24-10-23-15/h5-8,11-12H,9-10H2,1-4H3,(H,19,20). The molecule has 0 saturated carbocycles. The van der Waals surface area contributed by atoms with Gasteiger partial charge in [-0.3, -0.25) is 4.79 Å². The number of aromatic amines is 1. The van der Waals surface area contributed by atoms with Crippen molar-refractivity contribution in [2.45, 2.75) is 40.3 Å². The highest BCUT2D eigenvalue weighted by Gasteiger charge is 2.21. The molecule has 1 aromatic carbocycles. The predicted molar refractivity (Wildman–Crippen MR) is 90.7 cm³/mol. The smallest absolute Gasteiger partial charge is 0.231 e. The summed E-state index contributed by atoms with van der Waals surface area (Å²) in [5, 5.41) is 0. The summed E-state index contributed by atoms with van der Waals surface area (Å²) >= 11 is 0. The maximum absolute atomic E-state index is 12.3. The van der Waals surface area contributed by atoms with Crippen LogP contribution in [0.2, 0.25) is 0 Å². The Hall–Kier alpha value is -2.50. The normalized spacial score (nSPS) is 12.9. The largest absolute Gasteiger partial charge is 0.454 e. The number of hydrogen-bond acceptors (Lipinski definition) is 4. The molecular weight excluding hydrogens is 306 g/mol. The van der Waals surface area contributed by atoms with Gasteiger partial charge in [0.15, 0.2) is 11.5 Å². The van der Waals surface area contributed by atoms with Gasteiger partial charge in [-0.1, -0.05) is 13.8 Å². The van der Waals surface area contributed by atoms with Gasteiger partial charge in [0.1, 0.15) is 5.82 Å². The summed E-state index contributed by atoms with van der Waals surface area (Å²) in [6.45, 7) is 8.59. The van der Waals surface area contributed by atoms with E-state index in [9.17, 15) is 4.79 Å². The second-order valence-electron chi connectivity index (χ2n) is 6.53. The van der Waals surface area contributed by atoms with Crippen LogP contribution in [0.15, 0.2) is 24.4 Å². The minimum absolute atomic E-state index is 0.0318. The van der Waals surface area contributed by atoms with E-state index in [1.807, 2.05) is 50.8 Å². The highest BCUT2D eigenvalue weighted by molar-refractivity contribution is 5.78. The molecule has 0 fully saturated rings. The van der Waals surface area contributed by atoms with Crippen LogP contribution in [0.25, 0.3) is 11.3 Å². The monoisotopic (exact) mass is 329 g/mol. The fraction of sp³-hybridized carbons (Fsp3) is 0.444. The van der Waals surface area contributed by atoms with Crippen LogP contribution in [0.4, 0.5) is 0 Å². The molecule has 0 unspecified atom stereocenters. The third-order valence-electron chi connectivity index (χ3n) is 4.03. The van der Waals surface area contributed by atoms with Gasteiger partial charge >= 0.3 is 0 Å². The van der Waals surface area contributed by atoms with E-state index >= 15 is 0 Å². The molecular formula is C18H23N3O3. The molecule has 6 nitrogen and oxygen atoms in total. The molecule has 0 saturated heterocycles. The third kappa shape index (κ3) is 3.22. The molecule has 24 heavy (non-hydrogen) atoms. The number of imidazole rings is 1. The number of fused-ring (bicyclic) bond motifs is 1. The zero-order chi connectivity index (χ0) is 17.3. The number of ether oxygens (including phenoxy) is 2. The number of benzene rings is 1. The summed E-state index contributed by atoms with van der Waals surface area (Å²) in [7, 11) is 0. The van der Waals surface area contributed by atoms with Gasteiger partial charge in [0.05, 0.1) is 18.4 Å². The first-order valence-corrected chi connectivity index (χ1v) is 8.20. The Bertz CT molecular complexity index is 737. The lowest BCUT2D eigenvalue weighted by molar-refractivity contribution is -0.137. The summed E-state index contributed by atoms with van der Waals surface area (Å²) in [5.74, 6) is 2.36. The topological polar surface area (TPSA) is 67.5 Å². The van der Waals surface area contributed by atoms with Gasteiger partial charge in [0.25, 0.3) is 0 Å². The van der Waals surface area contributed by atoms with Crippen LogP contribution < -0.4 is 9.47 Å². The number of nitrogens with one attached hydrogen (secondary N) is 1. The Morgan fingerprint density at radius 2 is 2.00 bits per heavy atom. The Kier molecular flexibility index (Phi) is 4.46. The molecule has 2 aromatic rings. The Morgan fingerprint density at radius 3 is 2.71 bits per heavy atom. The van der Waals surface area contributed by atoms with Crippen molar-refractivity contribution in [3.05, 3.63) is 30.2 Å². The van der Waals surface area contributed by atoms with Crippen molar-refractivity contribution in [1.82, 2.24) is 14.9 Å². The molecule has 6 heteroatoms. The molecule has 0 spiro atoms. The number of hydrogen-bond donors (Lipinski definition) is 1. The Labute approximate surface area is 141 Å². The average Bonchev–Trinajstić information content (AvgIpc) is 3.19. The maximum atomic E-state index is 12.3. The average molecular weight is 329 g/mol.